The standard InChI is InChI=1S/C16H23N3/c1-13-11-17-16(18-13)15-7-9-19(10-8-15)12-14-5-3-2-4-6-14/h2-6,15-17H,7-12H2,1H3. The van der Waals surface area contributed by atoms with Gasteiger partial charge >= 0.3 is 0 Å². The van der Waals surface area contributed by atoms with Crippen LogP contribution in [0.15, 0.2) is 35.3 Å². The zero-order chi connectivity index (χ0) is 13.1. The van der Waals surface area contributed by atoms with Gasteiger partial charge in [-0.25, -0.2) is 0 Å². The number of piperidine rings is 1. The van der Waals surface area contributed by atoms with Crippen molar-refractivity contribution in [1.82, 2.24) is 10.2 Å². The summed E-state index contributed by atoms with van der Waals surface area (Å²) in [6.45, 7) is 6.60. The third kappa shape index (κ3) is 3.23. The van der Waals surface area contributed by atoms with Crippen molar-refractivity contribution in [3.8, 4) is 0 Å². The van der Waals surface area contributed by atoms with Gasteiger partial charge in [-0.2, -0.15) is 0 Å². The third-order valence-electron chi connectivity index (χ3n) is 4.25. The maximum absolute atomic E-state index is 4.71. The quantitative estimate of drug-likeness (QED) is 0.899. The Morgan fingerprint density at radius 2 is 1.95 bits per heavy atom. The number of likely N-dealkylation sites (tertiary alicyclic amines) is 1. The van der Waals surface area contributed by atoms with Gasteiger partial charge in [-0.05, 0) is 44.3 Å². The van der Waals surface area contributed by atoms with Crippen LogP contribution in [0.5, 0.6) is 0 Å². The number of nitrogens with one attached hydrogen (secondary N) is 1. The number of benzene rings is 1. The summed E-state index contributed by atoms with van der Waals surface area (Å²) in [6, 6.07) is 10.8. The highest BCUT2D eigenvalue weighted by Crippen LogP contribution is 2.24. The lowest BCUT2D eigenvalue weighted by molar-refractivity contribution is 0.158. The van der Waals surface area contributed by atoms with Crippen molar-refractivity contribution in [2.24, 2.45) is 10.9 Å². The number of hydrogen-bond donors (Lipinski definition) is 1. The summed E-state index contributed by atoms with van der Waals surface area (Å²) >= 11 is 0. The molecule has 0 spiro atoms. The first-order valence-electron chi connectivity index (χ1n) is 7.34. The Kier molecular flexibility index (Phi) is 3.95. The van der Waals surface area contributed by atoms with Gasteiger partial charge in [0.2, 0.25) is 0 Å². The van der Waals surface area contributed by atoms with Crippen molar-refractivity contribution in [3.63, 3.8) is 0 Å². The van der Waals surface area contributed by atoms with E-state index in [-0.39, 0.29) is 0 Å². The molecule has 3 rings (SSSR count). The fraction of sp³-hybridized carbons (Fsp3) is 0.562. The van der Waals surface area contributed by atoms with Gasteiger partial charge in [0.05, 0.1) is 0 Å². The molecule has 0 saturated carbocycles. The molecule has 3 nitrogen and oxygen atoms in total. The van der Waals surface area contributed by atoms with Gasteiger partial charge in [0.15, 0.2) is 0 Å². The van der Waals surface area contributed by atoms with Crippen LogP contribution in [-0.2, 0) is 6.54 Å². The van der Waals surface area contributed by atoms with Gasteiger partial charge in [0, 0.05) is 18.8 Å². The topological polar surface area (TPSA) is 27.6 Å². The first kappa shape index (κ1) is 12.8. The zero-order valence-electron chi connectivity index (χ0n) is 11.7. The normalized spacial score (nSPS) is 25.5. The predicted molar refractivity (Wildman–Crippen MR) is 79.3 cm³/mol. The summed E-state index contributed by atoms with van der Waals surface area (Å²) in [6.07, 6.45) is 2.92. The number of hydrogen-bond acceptors (Lipinski definition) is 3. The van der Waals surface area contributed by atoms with Crippen molar-refractivity contribution >= 4 is 5.71 Å². The molecule has 0 radical (unpaired) electrons. The molecule has 0 amide bonds. The second-order valence-corrected chi connectivity index (χ2v) is 5.79. The van der Waals surface area contributed by atoms with Crippen LogP contribution in [0, 0.1) is 5.92 Å². The summed E-state index contributed by atoms with van der Waals surface area (Å²) in [4.78, 5) is 7.28. The minimum absolute atomic E-state index is 0.388. The monoisotopic (exact) mass is 257 g/mol. The average molecular weight is 257 g/mol. The third-order valence-corrected chi connectivity index (χ3v) is 4.25. The molecule has 3 heteroatoms. The maximum Gasteiger partial charge on any atom is 0.103 e. The highest BCUT2D eigenvalue weighted by atomic mass is 15.2. The summed E-state index contributed by atoms with van der Waals surface area (Å²) in [7, 11) is 0. The largest absolute Gasteiger partial charge is 0.299 e. The van der Waals surface area contributed by atoms with Crippen LogP contribution in [-0.4, -0.2) is 36.4 Å². The van der Waals surface area contributed by atoms with Crippen molar-refractivity contribution < 1.29 is 0 Å². The molecule has 19 heavy (non-hydrogen) atoms. The molecule has 0 aliphatic carbocycles. The molecule has 1 N–H and O–H groups in total. The smallest absolute Gasteiger partial charge is 0.103 e. The van der Waals surface area contributed by atoms with E-state index in [0.717, 1.165) is 19.0 Å². The van der Waals surface area contributed by atoms with Crippen LogP contribution in [0.25, 0.3) is 0 Å². The van der Waals surface area contributed by atoms with Crippen LogP contribution < -0.4 is 5.32 Å². The van der Waals surface area contributed by atoms with Gasteiger partial charge in [-0.3, -0.25) is 15.2 Å². The van der Waals surface area contributed by atoms with E-state index >= 15 is 0 Å². The van der Waals surface area contributed by atoms with Gasteiger partial charge in [-0.15, -0.1) is 0 Å². The maximum atomic E-state index is 4.71. The fourth-order valence-corrected chi connectivity index (χ4v) is 3.12. The van der Waals surface area contributed by atoms with E-state index < -0.39 is 0 Å². The van der Waals surface area contributed by atoms with E-state index in [9.17, 15) is 0 Å². The van der Waals surface area contributed by atoms with Crippen LogP contribution >= 0.6 is 0 Å². The summed E-state index contributed by atoms with van der Waals surface area (Å²) in [5.74, 6) is 0.726. The lowest BCUT2D eigenvalue weighted by atomic mass is 9.94. The van der Waals surface area contributed by atoms with Crippen molar-refractivity contribution in [2.45, 2.75) is 32.5 Å². The lowest BCUT2D eigenvalue weighted by Crippen LogP contribution is -2.40. The first-order chi connectivity index (χ1) is 9.31. The SMILES string of the molecule is CC1=NC(C2CCN(Cc3ccccc3)CC2)NC1. The highest BCUT2D eigenvalue weighted by Gasteiger charge is 2.28. The minimum Gasteiger partial charge on any atom is -0.299 e. The second kappa shape index (κ2) is 5.85. The Balaban J connectivity index is 1.50. The molecular weight excluding hydrogens is 234 g/mol. The number of aliphatic imine (C=N–C) groups is 1. The van der Waals surface area contributed by atoms with Gasteiger partial charge < -0.3 is 0 Å². The number of nitrogens with zero attached hydrogens (tertiary/aromatic N) is 2. The number of rotatable bonds is 3. The molecule has 102 valence electrons. The molecule has 1 aromatic carbocycles. The van der Waals surface area contributed by atoms with Crippen molar-refractivity contribution in [3.05, 3.63) is 35.9 Å². The average Bonchev–Trinajstić information content (AvgIpc) is 2.87. The Bertz CT molecular complexity index is 433. The lowest BCUT2D eigenvalue weighted by Gasteiger charge is -2.33. The highest BCUT2D eigenvalue weighted by molar-refractivity contribution is 5.85. The summed E-state index contributed by atoms with van der Waals surface area (Å²) < 4.78 is 0. The fourth-order valence-electron chi connectivity index (χ4n) is 3.12. The van der Waals surface area contributed by atoms with Crippen LogP contribution in [0.4, 0.5) is 0 Å². The second-order valence-electron chi connectivity index (χ2n) is 5.79. The Labute approximate surface area is 115 Å². The molecule has 2 aliphatic heterocycles. The Morgan fingerprint density at radius 3 is 2.58 bits per heavy atom. The molecule has 1 unspecified atom stereocenters. The van der Waals surface area contributed by atoms with Crippen LogP contribution in [0.3, 0.4) is 0 Å². The van der Waals surface area contributed by atoms with E-state index in [0.29, 0.717) is 6.17 Å². The zero-order valence-corrected chi connectivity index (χ0v) is 11.7. The van der Waals surface area contributed by atoms with Gasteiger partial charge in [-0.1, -0.05) is 30.3 Å². The van der Waals surface area contributed by atoms with Gasteiger partial charge in [0.1, 0.15) is 6.17 Å². The Morgan fingerprint density at radius 1 is 1.21 bits per heavy atom. The molecule has 2 heterocycles. The van der Waals surface area contributed by atoms with Crippen LogP contribution in [0.1, 0.15) is 25.3 Å². The molecule has 1 fully saturated rings. The molecule has 1 atom stereocenters. The van der Waals surface area contributed by atoms with Crippen LogP contribution in [0.2, 0.25) is 0 Å². The molecular formula is C16H23N3. The van der Waals surface area contributed by atoms with Gasteiger partial charge in [0.25, 0.3) is 0 Å². The summed E-state index contributed by atoms with van der Waals surface area (Å²) in [5, 5.41) is 3.52. The summed E-state index contributed by atoms with van der Waals surface area (Å²) in [5.41, 5.74) is 2.69. The molecule has 2 aliphatic rings. The molecule has 0 aromatic heterocycles. The predicted octanol–water partition coefficient (Wildman–Crippen LogP) is 2.29. The van der Waals surface area contributed by atoms with Crippen molar-refractivity contribution in [1.29, 1.82) is 0 Å². The van der Waals surface area contributed by atoms with E-state index in [1.807, 2.05) is 0 Å². The first-order valence-corrected chi connectivity index (χ1v) is 7.34. The molecule has 1 aromatic rings. The molecule has 1 saturated heterocycles. The van der Waals surface area contributed by atoms with Crippen molar-refractivity contribution in [2.75, 3.05) is 19.6 Å². The van der Waals surface area contributed by atoms with E-state index in [1.165, 1.54) is 37.2 Å². The van der Waals surface area contributed by atoms with E-state index in [1.54, 1.807) is 0 Å². The Hall–Kier alpha value is -1.19. The minimum atomic E-state index is 0.388. The molecule has 0 bridgehead atoms. The van der Waals surface area contributed by atoms with E-state index in [2.05, 4.69) is 47.5 Å². The van der Waals surface area contributed by atoms with E-state index in [4.69, 9.17) is 4.99 Å².